The van der Waals surface area contributed by atoms with E-state index in [-0.39, 0.29) is 12.6 Å². The van der Waals surface area contributed by atoms with Crippen molar-refractivity contribution in [3.63, 3.8) is 0 Å². The Morgan fingerprint density at radius 3 is 3.00 bits per heavy atom. The smallest absolute Gasteiger partial charge is 0.0581 e. The first-order chi connectivity index (χ1) is 6.22. The lowest BCUT2D eigenvalue weighted by atomic mass is 9.98. The molecule has 1 aliphatic rings. The van der Waals surface area contributed by atoms with Crippen LogP contribution >= 0.6 is 0 Å². The summed E-state index contributed by atoms with van der Waals surface area (Å²) in [5.41, 5.74) is 0. The molecular formula is C10H22N2O. The van der Waals surface area contributed by atoms with E-state index in [1.807, 2.05) is 6.92 Å². The Bertz CT molecular complexity index is 141. The molecule has 1 heterocycles. The van der Waals surface area contributed by atoms with Crippen LogP contribution in [0.15, 0.2) is 0 Å². The van der Waals surface area contributed by atoms with Crippen LogP contribution in [0.3, 0.4) is 0 Å². The summed E-state index contributed by atoms with van der Waals surface area (Å²) in [4.78, 5) is 2.39. The third-order valence-electron chi connectivity index (χ3n) is 2.75. The highest BCUT2D eigenvalue weighted by Gasteiger charge is 2.16. The van der Waals surface area contributed by atoms with Crippen LogP contribution in [-0.4, -0.2) is 49.3 Å². The number of aliphatic hydroxyl groups excluding tert-OH is 1. The fourth-order valence-corrected chi connectivity index (χ4v) is 1.87. The van der Waals surface area contributed by atoms with Gasteiger partial charge in [-0.15, -0.1) is 0 Å². The molecule has 3 nitrogen and oxygen atoms in total. The maximum atomic E-state index is 8.84. The van der Waals surface area contributed by atoms with Gasteiger partial charge in [0.05, 0.1) is 6.61 Å². The van der Waals surface area contributed by atoms with E-state index in [0.717, 1.165) is 12.5 Å². The Balaban J connectivity index is 2.13. The minimum absolute atomic E-state index is 0.239. The molecule has 0 aromatic rings. The number of nitrogens with zero attached hydrogens (tertiary/aromatic N) is 1. The Morgan fingerprint density at radius 2 is 2.38 bits per heavy atom. The zero-order valence-electron chi connectivity index (χ0n) is 8.79. The molecule has 2 atom stereocenters. The van der Waals surface area contributed by atoms with Crippen LogP contribution in [0, 0.1) is 5.92 Å². The highest BCUT2D eigenvalue weighted by molar-refractivity contribution is 4.73. The van der Waals surface area contributed by atoms with Crippen molar-refractivity contribution >= 4 is 0 Å². The molecule has 0 amide bonds. The van der Waals surface area contributed by atoms with Gasteiger partial charge in [-0.1, -0.05) is 0 Å². The van der Waals surface area contributed by atoms with Crippen LogP contribution in [0.1, 0.15) is 19.8 Å². The van der Waals surface area contributed by atoms with Crippen LogP contribution in [-0.2, 0) is 0 Å². The molecule has 0 aromatic heterocycles. The van der Waals surface area contributed by atoms with E-state index in [1.165, 1.54) is 25.9 Å². The van der Waals surface area contributed by atoms with Crippen LogP contribution in [0.4, 0.5) is 0 Å². The lowest BCUT2D eigenvalue weighted by molar-refractivity contribution is 0.192. The first kappa shape index (κ1) is 11.0. The average Bonchev–Trinajstić information content (AvgIpc) is 2.14. The van der Waals surface area contributed by atoms with Gasteiger partial charge in [0.15, 0.2) is 0 Å². The largest absolute Gasteiger partial charge is 0.395 e. The van der Waals surface area contributed by atoms with Gasteiger partial charge in [-0.3, -0.25) is 0 Å². The van der Waals surface area contributed by atoms with Crippen molar-refractivity contribution in [1.29, 1.82) is 0 Å². The first-order valence-corrected chi connectivity index (χ1v) is 5.25. The second-order valence-corrected chi connectivity index (χ2v) is 4.26. The minimum Gasteiger partial charge on any atom is -0.395 e. The van der Waals surface area contributed by atoms with E-state index in [2.05, 4.69) is 17.3 Å². The standard InChI is InChI=1S/C10H22N2O/c1-9(8-13)11-6-10-4-3-5-12(2)7-10/h9-11,13H,3-8H2,1-2H3. The zero-order valence-corrected chi connectivity index (χ0v) is 8.79. The fraction of sp³-hybridized carbons (Fsp3) is 1.00. The predicted octanol–water partition coefficient (Wildman–Crippen LogP) is 0.299. The molecule has 0 aliphatic carbocycles. The van der Waals surface area contributed by atoms with Gasteiger partial charge in [-0.05, 0) is 45.8 Å². The molecule has 1 fully saturated rings. The van der Waals surface area contributed by atoms with Gasteiger partial charge in [0.1, 0.15) is 0 Å². The molecule has 2 unspecified atom stereocenters. The maximum absolute atomic E-state index is 8.84. The Hall–Kier alpha value is -0.120. The zero-order chi connectivity index (χ0) is 9.68. The number of rotatable bonds is 4. The van der Waals surface area contributed by atoms with Gasteiger partial charge in [0, 0.05) is 12.6 Å². The number of piperidine rings is 1. The van der Waals surface area contributed by atoms with Gasteiger partial charge < -0.3 is 15.3 Å². The van der Waals surface area contributed by atoms with Crippen LogP contribution in [0.25, 0.3) is 0 Å². The summed E-state index contributed by atoms with van der Waals surface area (Å²) in [6.45, 7) is 5.75. The third kappa shape index (κ3) is 4.07. The topological polar surface area (TPSA) is 35.5 Å². The maximum Gasteiger partial charge on any atom is 0.0581 e. The molecule has 0 aromatic carbocycles. The average molecular weight is 186 g/mol. The van der Waals surface area contributed by atoms with Crippen molar-refractivity contribution in [2.75, 3.05) is 33.3 Å². The molecule has 0 spiro atoms. The van der Waals surface area contributed by atoms with Crippen LogP contribution < -0.4 is 5.32 Å². The Labute approximate surface area is 81.1 Å². The van der Waals surface area contributed by atoms with Gasteiger partial charge in [-0.2, -0.15) is 0 Å². The van der Waals surface area contributed by atoms with Crippen molar-refractivity contribution in [3.8, 4) is 0 Å². The molecule has 78 valence electrons. The summed E-state index contributed by atoms with van der Waals surface area (Å²) in [7, 11) is 2.18. The first-order valence-electron chi connectivity index (χ1n) is 5.25. The molecule has 2 N–H and O–H groups in total. The van der Waals surface area contributed by atoms with Gasteiger partial charge in [0.2, 0.25) is 0 Å². The highest BCUT2D eigenvalue weighted by Crippen LogP contribution is 2.13. The SMILES string of the molecule is CC(CO)NCC1CCCN(C)C1. The number of nitrogens with one attached hydrogen (secondary N) is 1. The van der Waals surface area contributed by atoms with E-state index in [4.69, 9.17) is 5.11 Å². The van der Waals surface area contributed by atoms with E-state index in [1.54, 1.807) is 0 Å². The molecule has 0 saturated carbocycles. The quantitative estimate of drug-likeness (QED) is 0.663. The van der Waals surface area contributed by atoms with E-state index >= 15 is 0 Å². The molecule has 1 aliphatic heterocycles. The van der Waals surface area contributed by atoms with E-state index in [9.17, 15) is 0 Å². The molecule has 0 radical (unpaired) electrons. The number of hydrogen-bond donors (Lipinski definition) is 2. The summed E-state index contributed by atoms with van der Waals surface area (Å²) in [5.74, 6) is 0.771. The predicted molar refractivity (Wildman–Crippen MR) is 54.8 cm³/mol. The van der Waals surface area contributed by atoms with E-state index in [0.29, 0.717) is 0 Å². The molecule has 3 heteroatoms. The van der Waals surface area contributed by atoms with Gasteiger partial charge in [0.25, 0.3) is 0 Å². The second-order valence-electron chi connectivity index (χ2n) is 4.26. The molecule has 13 heavy (non-hydrogen) atoms. The number of likely N-dealkylation sites (tertiary alicyclic amines) is 1. The fourth-order valence-electron chi connectivity index (χ4n) is 1.87. The second kappa shape index (κ2) is 5.58. The lowest BCUT2D eigenvalue weighted by Gasteiger charge is -2.30. The van der Waals surface area contributed by atoms with Gasteiger partial charge in [-0.25, -0.2) is 0 Å². The Morgan fingerprint density at radius 1 is 1.62 bits per heavy atom. The normalized spacial score (nSPS) is 27.5. The summed E-state index contributed by atoms with van der Waals surface area (Å²) in [6, 6.07) is 0.243. The summed E-state index contributed by atoms with van der Waals surface area (Å²) < 4.78 is 0. The van der Waals surface area contributed by atoms with Crippen molar-refractivity contribution in [3.05, 3.63) is 0 Å². The minimum atomic E-state index is 0.239. The van der Waals surface area contributed by atoms with Crippen molar-refractivity contribution in [2.45, 2.75) is 25.8 Å². The molecule has 1 saturated heterocycles. The lowest BCUT2D eigenvalue weighted by Crippen LogP contribution is -2.40. The third-order valence-corrected chi connectivity index (χ3v) is 2.75. The summed E-state index contributed by atoms with van der Waals surface area (Å²) in [5, 5.41) is 12.2. The molecule has 1 rings (SSSR count). The molecular weight excluding hydrogens is 164 g/mol. The summed E-state index contributed by atoms with van der Waals surface area (Å²) in [6.07, 6.45) is 2.64. The Kier molecular flexibility index (Phi) is 4.70. The van der Waals surface area contributed by atoms with Crippen molar-refractivity contribution in [1.82, 2.24) is 10.2 Å². The van der Waals surface area contributed by atoms with Crippen LogP contribution in [0.2, 0.25) is 0 Å². The highest BCUT2D eigenvalue weighted by atomic mass is 16.3. The van der Waals surface area contributed by atoms with Crippen molar-refractivity contribution < 1.29 is 5.11 Å². The van der Waals surface area contributed by atoms with E-state index < -0.39 is 0 Å². The summed E-state index contributed by atoms with van der Waals surface area (Å²) >= 11 is 0. The number of hydrogen-bond acceptors (Lipinski definition) is 3. The monoisotopic (exact) mass is 186 g/mol. The van der Waals surface area contributed by atoms with Crippen LogP contribution in [0.5, 0.6) is 0 Å². The van der Waals surface area contributed by atoms with Gasteiger partial charge >= 0.3 is 0 Å². The van der Waals surface area contributed by atoms with Crippen molar-refractivity contribution in [2.24, 2.45) is 5.92 Å². The molecule has 0 bridgehead atoms. The number of aliphatic hydroxyl groups is 1.